The molecule has 0 radical (unpaired) electrons. The molecule has 0 amide bonds. The Morgan fingerprint density at radius 1 is 1.25 bits per heavy atom. The van der Waals surface area contributed by atoms with Crippen molar-refractivity contribution in [3.63, 3.8) is 0 Å². The number of halogens is 4. The van der Waals surface area contributed by atoms with Gasteiger partial charge in [-0.2, -0.15) is 8.78 Å². The quantitative estimate of drug-likeness (QED) is 0.485. The van der Waals surface area contributed by atoms with E-state index < -0.39 is 23.4 Å². The normalized spacial score (nSPS) is 11.2. The van der Waals surface area contributed by atoms with Gasteiger partial charge in [0.25, 0.3) is 0 Å². The van der Waals surface area contributed by atoms with Crippen molar-refractivity contribution in [3.8, 4) is 0 Å². The summed E-state index contributed by atoms with van der Waals surface area (Å²) in [5.41, 5.74) is 0.192. The third-order valence-electron chi connectivity index (χ3n) is 1.80. The lowest BCUT2D eigenvalue weighted by Crippen LogP contribution is -2.24. The number of carbonyl (C=O) groups excluding carboxylic acids is 2. The molecule has 86 valence electrons. The number of Topliss-reactive ketones (excluding diaryl/α,β-unsaturated/α-hetero) is 2. The Hall–Kier alpha value is -0.810. The van der Waals surface area contributed by atoms with Crippen molar-refractivity contribution in [2.75, 3.05) is 0 Å². The van der Waals surface area contributed by atoms with Crippen molar-refractivity contribution >= 4 is 39.1 Å². The molecular weight excluding hydrogens is 305 g/mol. The van der Waals surface area contributed by atoms with Gasteiger partial charge in [-0.15, -0.1) is 0 Å². The Balaban J connectivity index is 2.74. The lowest BCUT2D eigenvalue weighted by molar-refractivity contribution is -0.132. The van der Waals surface area contributed by atoms with Gasteiger partial charge in [0, 0.05) is 10.0 Å². The molecule has 0 atom stereocenters. The minimum absolute atomic E-state index is 0.192. The first-order valence-corrected chi connectivity index (χ1v) is 5.36. The summed E-state index contributed by atoms with van der Waals surface area (Å²) in [5, 5.41) is -3.98. The molecular formula is C10H6BrClF2O2. The van der Waals surface area contributed by atoms with Crippen molar-refractivity contribution in [2.45, 2.75) is 11.8 Å². The first-order chi connectivity index (χ1) is 7.30. The first-order valence-electron chi connectivity index (χ1n) is 4.19. The summed E-state index contributed by atoms with van der Waals surface area (Å²) in [7, 11) is 0. The van der Waals surface area contributed by atoms with E-state index >= 15 is 0 Å². The third-order valence-corrected chi connectivity index (χ3v) is 2.54. The highest BCUT2D eigenvalue weighted by Gasteiger charge is 2.36. The Bertz CT molecular complexity index is 412. The number of hydrogen-bond acceptors (Lipinski definition) is 2. The molecule has 0 bridgehead atoms. The fourth-order valence-electron chi connectivity index (χ4n) is 0.984. The SMILES string of the molecule is O=C(CC(=O)C(F)(F)Cl)c1ccc(Br)cc1. The molecule has 0 aromatic heterocycles. The van der Waals surface area contributed by atoms with E-state index in [1.54, 1.807) is 12.1 Å². The van der Waals surface area contributed by atoms with E-state index in [1.165, 1.54) is 12.1 Å². The summed E-state index contributed by atoms with van der Waals surface area (Å²) in [6.45, 7) is 0. The van der Waals surface area contributed by atoms with Gasteiger partial charge in [-0.3, -0.25) is 9.59 Å². The third kappa shape index (κ3) is 3.64. The van der Waals surface area contributed by atoms with Crippen LogP contribution in [0.2, 0.25) is 0 Å². The van der Waals surface area contributed by atoms with Gasteiger partial charge in [-0.1, -0.05) is 28.1 Å². The molecule has 16 heavy (non-hydrogen) atoms. The van der Waals surface area contributed by atoms with Crippen LogP contribution in [-0.2, 0) is 4.79 Å². The summed E-state index contributed by atoms with van der Waals surface area (Å²) in [6.07, 6.45) is -0.905. The second kappa shape index (κ2) is 5.01. The predicted molar refractivity (Wildman–Crippen MR) is 58.9 cm³/mol. The highest BCUT2D eigenvalue weighted by atomic mass is 79.9. The van der Waals surface area contributed by atoms with Crippen molar-refractivity contribution in [1.29, 1.82) is 0 Å². The topological polar surface area (TPSA) is 34.1 Å². The lowest BCUT2D eigenvalue weighted by Gasteiger charge is -2.05. The number of alkyl halides is 3. The molecule has 1 aromatic carbocycles. The molecule has 0 saturated carbocycles. The minimum Gasteiger partial charge on any atom is -0.294 e. The van der Waals surface area contributed by atoms with E-state index in [-0.39, 0.29) is 5.56 Å². The Morgan fingerprint density at radius 2 is 1.75 bits per heavy atom. The van der Waals surface area contributed by atoms with Gasteiger partial charge in [-0.05, 0) is 23.7 Å². The van der Waals surface area contributed by atoms with Crippen LogP contribution in [0.1, 0.15) is 16.8 Å². The van der Waals surface area contributed by atoms with Gasteiger partial charge in [0.15, 0.2) is 5.78 Å². The van der Waals surface area contributed by atoms with Crippen LogP contribution in [-0.4, -0.2) is 16.9 Å². The molecule has 1 aromatic rings. The Labute approximate surface area is 104 Å². The maximum Gasteiger partial charge on any atom is 0.380 e. The Kier molecular flexibility index (Phi) is 4.15. The molecule has 0 aliphatic carbocycles. The molecule has 0 fully saturated rings. The zero-order chi connectivity index (χ0) is 12.3. The number of ketones is 2. The molecule has 0 spiro atoms. The number of hydrogen-bond donors (Lipinski definition) is 0. The van der Waals surface area contributed by atoms with E-state index in [0.717, 1.165) is 4.47 Å². The van der Waals surface area contributed by atoms with Crippen LogP contribution in [0, 0.1) is 0 Å². The standard InChI is InChI=1S/C10H6BrClF2O2/c11-7-3-1-6(2-4-7)8(15)5-9(16)10(12,13)14/h1-4H,5H2. The molecule has 6 heteroatoms. The molecule has 0 saturated heterocycles. The van der Waals surface area contributed by atoms with Crippen LogP contribution in [0.4, 0.5) is 8.78 Å². The number of benzene rings is 1. The van der Waals surface area contributed by atoms with Crippen molar-refractivity contribution in [3.05, 3.63) is 34.3 Å². The maximum absolute atomic E-state index is 12.3. The first kappa shape index (κ1) is 13.3. The maximum atomic E-state index is 12.3. The van der Waals surface area contributed by atoms with Crippen LogP contribution in [0.3, 0.4) is 0 Å². The molecule has 0 N–H and O–H groups in total. The fraction of sp³-hybridized carbons (Fsp3) is 0.200. The summed E-state index contributed by atoms with van der Waals surface area (Å²) in [6, 6.07) is 6.03. The molecule has 0 aliphatic rings. The number of carbonyl (C=O) groups is 2. The van der Waals surface area contributed by atoms with Gasteiger partial charge in [0.1, 0.15) is 0 Å². The van der Waals surface area contributed by atoms with Gasteiger partial charge in [0.05, 0.1) is 6.42 Å². The summed E-state index contributed by atoms with van der Waals surface area (Å²) in [4.78, 5) is 22.2. The van der Waals surface area contributed by atoms with Gasteiger partial charge in [0.2, 0.25) is 5.78 Å². The van der Waals surface area contributed by atoms with Gasteiger partial charge >= 0.3 is 5.38 Å². The smallest absolute Gasteiger partial charge is 0.294 e. The second-order valence-electron chi connectivity index (χ2n) is 3.03. The van der Waals surface area contributed by atoms with E-state index in [0.29, 0.717) is 0 Å². The summed E-state index contributed by atoms with van der Waals surface area (Å²) >= 11 is 7.66. The van der Waals surface area contributed by atoms with Gasteiger partial charge in [-0.25, -0.2) is 0 Å². The van der Waals surface area contributed by atoms with E-state index in [2.05, 4.69) is 27.5 Å². The van der Waals surface area contributed by atoms with Crippen LogP contribution in [0.25, 0.3) is 0 Å². The minimum atomic E-state index is -3.98. The molecule has 2 nitrogen and oxygen atoms in total. The Morgan fingerprint density at radius 3 is 2.19 bits per heavy atom. The average Bonchev–Trinajstić information content (AvgIpc) is 2.17. The predicted octanol–water partition coefficient (Wildman–Crippen LogP) is 3.42. The lowest BCUT2D eigenvalue weighted by atomic mass is 10.1. The highest BCUT2D eigenvalue weighted by molar-refractivity contribution is 9.10. The van der Waals surface area contributed by atoms with Crippen LogP contribution in [0.15, 0.2) is 28.7 Å². The largest absolute Gasteiger partial charge is 0.380 e. The average molecular weight is 312 g/mol. The fourth-order valence-corrected chi connectivity index (χ4v) is 1.32. The molecule has 0 unspecified atom stereocenters. The zero-order valence-corrected chi connectivity index (χ0v) is 10.2. The van der Waals surface area contributed by atoms with Crippen molar-refractivity contribution in [1.82, 2.24) is 0 Å². The highest BCUT2D eigenvalue weighted by Crippen LogP contribution is 2.22. The summed E-state index contributed by atoms with van der Waals surface area (Å²) < 4.78 is 25.4. The number of rotatable bonds is 4. The molecule has 0 aliphatic heterocycles. The van der Waals surface area contributed by atoms with Crippen LogP contribution >= 0.6 is 27.5 Å². The van der Waals surface area contributed by atoms with Crippen molar-refractivity contribution < 1.29 is 18.4 Å². The molecule has 0 heterocycles. The monoisotopic (exact) mass is 310 g/mol. The van der Waals surface area contributed by atoms with Gasteiger partial charge < -0.3 is 0 Å². The van der Waals surface area contributed by atoms with E-state index in [4.69, 9.17) is 0 Å². The van der Waals surface area contributed by atoms with E-state index in [9.17, 15) is 18.4 Å². The van der Waals surface area contributed by atoms with Crippen LogP contribution < -0.4 is 0 Å². The summed E-state index contributed by atoms with van der Waals surface area (Å²) in [5.74, 6) is -2.28. The van der Waals surface area contributed by atoms with E-state index in [1.807, 2.05) is 0 Å². The second-order valence-corrected chi connectivity index (χ2v) is 4.42. The zero-order valence-electron chi connectivity index (χ0n) is 7.84. The van der Waals surface area contributed by atoms with Crippen LogP contribution in [0.5, 0.6) is 0 Å². The molecule has 1 rings (SSSR count). The van der Waals surface area contributed by atoms with Crippen molar-refractivity contribution in [2.24, 2.45) is 0 Å².